The first-order valence-corrected chi connectivity index (χ1v) is 6.65. The van der Waals surface area contributed by atoms with Crippen molar-refractivity contribution in [3.8, 4) is 0 Å². The highest BCUT2D eigenvalue weighted by atomic mass is 16.5. The number of hydrogen-bond donors (Lipinski definition) is 2. The molecule has 0 aliphatic heterocycles. The van der Waals surface area contributed by atoms with Crippen LogP contribution >= 0.6 is 0 Å². The predicted octanol–water partition coefficient (Wildman–Crippen LogP) is 2.87. The van der Waals surface area contributed by atoms with Gasteiger partial charge in [0.25, 0.3) is 0 Å². The van der Waals surface area contributed by atoms with Crippen molar-refractivity contribution >= 4 is 0 Å². The standard InChI is InChI=1S/C15H26N2O/c1-6-18-15(10(2)3)14(17-16)13-8-11(4)7-12(5)9-13/h7-10,14-15,17H,6,16H2,1-5H3. The van der Waals surface area contributed by atoms with Gasteiger partial charge in [0.15, 0.2) is 0 Å². The Bertz CT molecular complexity index is 357. The van der Waals surface area contributed by atoms with Gasteiger partial charge in [-0.2, -0.15) is 0 Å². The molecule has 0 radical (unpaired) electrons. The van der Waals surface area contributed by atoms with E-state index in [1.807, 2.05) is 6.92 Å². The van der Waals surface area contributed by atoms with E-state index in [9.17, 15) is 0 Å². The lowest BCUT2D eigenvalue weighted by molar-refractivity contribution is 0.00275. The molecular weight excluding hydrogens is 224 g/mol. The van der Waals surface area contributed by atoms with Gasteiger partial charge in [-0.05, 0) is 32.3 Å². The zero-order valence-electron chi connectivity index (χ0n) is 12.2. The third kappa shape index (κ3) is 3.80. The molecule has 0 bridgehead atoms. The molecule has 0 aliphatic rings. The summed E-state index contributed by atoms with van der Waals surface area (Å²) in [7, 11) is 0. The lowest BCUT2D eigenvalue weighted by Crippen LogP contribution is -2.40. The molecule has 18 heavy (non-hydrogen) atoms. The maximum absolute atomic E-state index is 5.85. The van der Waals surface area contributed by atoms with Crippen LogP contribution in [0.25, 0.3) is 0 Å². The number of hydrazine groups is 1. The summed E-state index contributed by atoms with van der Waals surface area (Å²) in [4.78, 5) is 0. The normalized spacial score (nSPS) is 14.8. The average molecular weight is 250 g/mol. The molecule has 102 valence electrons. The fraction of sp³-hybridized carbons (Fsp3) is 0.600. The van der Waals surface area contributed by atoms with Crippen LogP contribution in [0.4, 0.5) is 0 Å². The van der Waals surface area contributed by atoms with Crippen LogP contribution < -0.4 is 11.3 Å². The minimum absolute atomic E-state index is 0.0311. The number of ether oxygens (including phenoxy) is 1. The van der Waals surface area contributed by atoms with E-state index in [4.69, 9.17) is 10.6 Å². The van der Waals surface area contributed by atoms with Crippen molar-refractivity contribution in [3.63, 3.8) is 0 Å². The first kappa shape index (κ1) is 15.2. The van der Waals surface area contributed by atoms with E-state index < -0.39 is 0 Å². The molecule has 3 N–H and O–H groups in total. The Morgan fingerprint density at radius 2 is 1.72 bits per heavy atom. The van der Waals surface area contributed by atoms with Gasteiger partial charge in [0.1, 0.15) is 0 Å². The molecule has 0 amide bonds. The Morgan fingerprint density at radius 1 is 1.17 bits per heavy atom. The first-order valence-electron chi connectivity index (χ1n) is 6.65. The Balaban J connectivity index is 3.06. The molecular formula is C15H26N2O. The summed E-state index contributed by atoms with van der Waals surface area (Å²) in [6, 6.07) is 6.54. The van der Waals surface area contributed by atoms with E-state index in [0.717, 1.165) is 0 Å². The zero-order valence-corrected chi connectivity index (χ0v) is 12.2. The minimum atomic E-state index is 0.0311. The van der Waals surface area contributed by atoms with Crippen molar-refractivity contribution in [2.24, 2.45) is 11.8 Å². The summed E-state index contributed by atoms with van der Waals surface area (Å²) in [5.74, 6) is 6.15. The summed E-state index contributed by atoms with van der Waals surface area (Å²) in [6.07, 6.45) is 0.0844. The zero-order chi connectivity index (χ0) is 13.7. The van der Waals surface area contributed by atoms with E-state index in [1.54, 1.807) is 0 Å². The van der Waals surface area contributed by atoms with Crippen LogP contribution in [0.5, 0.6) is 0 Å². The maximum Gasteiger partial charge on any atom is 0.0805 e. The topological polar surface area (TPSA) is 47.3 Å². The molecule has 0 saturated carbocycles. The highest BCUT2D eigenvalue weighted by Crippen LogP contribution is 2.25. The van der Waals surface area contributed by atoms with Gasteiger partial charge < -0.3 is 4.74 Å². The predicted molar refractivity (Wildman–Crippen MR) is 76.2 cm³/mol. The molecule has 0 saturated heterocycles. The fourth-order valence-electron chi connectivity index (χ4n) is 2.44. The number of hydrogen-bond acceptors (Lipinski definition) is 3. The maximum atomic E-state index is 5.85. The Morgan fingerprint density at radius 3 is 2.11 bits per heavy atom. The molecule has 0 fully saturated rings. The summed E-state index contributed by atoms with van der Waals surface area (Å²) in [5.41, 5.74) is 6.62. The van der Waals surface area contributed by atoms with Gasteiger partial charge in [0.2, 0.25) is 0 Å². The third-order valence-corrected chi connectivity index (χ3v) is 3.13. The smallest absolute Gasteiger partial charge is 0.0805 e. The highest BCUT2D eigenvalue weighted by molar-refractivity contribution is 5.31. The van der Waals surface area contributed by atoms with E-state index in [0.29, 0.717) is 12.5 Å². The van der Waals surface area contributed by atoms with Crippen LogP contribution in [0.1, 0.15) is 43.5 Å². The van der Waals surface area contributed by atoms with Gasteiger partial charge in [-0.1, -0.05) is 43.2 Å². The fourth-order valence-corrected chi connectivity index (χ4v) is 2.44. The monoisotopic (exact) mass is 250 g/mol. The van der Waals surface area contributed by atoms with Gasteiger partial charge in [0, 0.05) is 6.61 Å². The lowest BCUT2D eigenvalue weighted by atomic mass is 9.92. The molecule has 1 aromatic rings. The molecule has 3 heteroatoms. The number of aryl methyl sites for hydroxylation is 2. The second kappa shape index (κ2) is 6.88. The average Bonchev–Trinajstić information content (AvgIpc) is 2.27. The summed E-state index contributed by atoms with van der Waals surface area (Å²) in [5, 5.41) is 0. The number of benzene rings is 1. The molecule has 3 nitrogen and oxygen atoms in total. The molecule has 0 spiro atoms. The van der Waals surface area contributed by atoms with Crippen LogP contribution in [0.3, 0.4) is 0 Å². The van der Waals surface area contributed by atoms with Crippen LogP contribution in [0, 0.1) is 19.8 Å². The summed E-state index contributed by atoms with van der Waals surface area (Å²) < 4.78 is 5.85. The molecule has 1 rings (SSSR count). The Labute approximate surface area is 111 Å². The SMILES string of the molecule is CCOC(C(C)C)C(NN)c1cc(C)cc(C)c1. The van der Waals surface area contributed by atoms with Gasteiger partial charge in [-0.25, -0.2) is 0 Å². The van der Waals surface area contributed by atoms with Crippen molar-refractivity contribution in [2.45, 2.75) is 46.8 Å². The van der Waals surface area contributed by atoms with E-state index in [-0.39, 0.29) is 12.1 Å². The van der Waals surface area contributed by atoms with Crippen molar-refractivity contribution in [1.82, 2.24) is 5.43 Å². The molecule has 0 aromatic heterocycles. The highest BCUT2D eigenvalue weighted by Gasteiger charge is 2.25. The van der Waals surface area contributed by atoms with E-state index in [2.05, 4.69) is 51.3 Å². The van der Waals surface area contributed by atoms with Crippen molar-refractivity contribution in [2.75, 3.05) is 6.61 Å². The van der Waals surface area contributed by atoms with E-state index in [1.165, 1.54) is 16.7 Å². The molecule has 2 unspecified atom stereocenters. The summed E-state index contributed by atoms with van der Waals surface area (Å²) >= 11 is 0. The molecule has 0 aliphatic carbocycles. The van der Waals surface area contributed by atoms with Gasteiger partial charge in [0.05, 0.1) is 12.1 Å². The van der Waals surface area contributed by atoms with Crippen molar-refractivity contribution in [1.29, 1.82) is 0 Å². The van der Waals surface area contributed by atoms with Crippen LogP contribution in [-0.2, 0) is 4.74 Å². The number of nitrogens with two attached hydrogens (primary N) is 1. The summed E-state index contributed by atoms with van der Waals surface area (Å²) in [6.45, 7) is 11.3. The van der Waals surface area contributed by atoms with Crippen LogP contribution in [0.2, 0.25) is 0 Å². The minimum Gasteiger partial charge on any atom is -0.376 e. The quantitative estimate of drug-likeness (QED) is 0.603. The second-order valence-corrected chi connectivity index (χ2v) is 5.23. The van der Waals surface area contributed by atoms with E-state index >= 15 is 0 Å². The number of nitrogens with one attached hydrogen (secondary N) is 1. The largest absolute Gasteiger partial charge is 0.376 e. The Hall–Kier alpha value is -0.900. The van der Waals surface area contributed by atoms with Gasteiger partial charge in [-0.15, -0.1) is 0 Å². The molecule has 0 heterocycles. The van der Waals surface area contributed by atoms with Crippen LogP contribution in [0.15, 0.2) is 18.2 Å². The number of rotatable bonds is 6. The van der Waals surface area contributed by atoms with Crippen molar-refractivity contribution < 1.29 is 4.74 Å². The molecule has 1 aromatic carbocycles. The lowest BCUT2D eigenvalue weighted by Gasteiger charge is -2.30. The van der Waals surface area contributed by atoms with Crippen molar-refractivity contribution in [3.05, 3.63) is 34.9 Å². The van der Waals surface area contributed by atoms with Gasteiger partial charge >= 0.3 is 0 Å². The van der Waals surface area contributed by atoms with Gasteiger partial charge in [-0.3, -0.25) is 11.3 Å². The van der Waals surface area contributed by atoms with Crippen LogP contribution in [-0.4, -0.2) is 12.7 Å². The Kier molecular flexibility index (Phi) is 5.79. The first-order chi connectivity index (χ1) is 8.49. The molecule has 2 atom stereocenters. The second-order valence-electron chi connectivity index (χ2n) is 5.23. The third-order valence-electron chi connectivity index (χ3n) is 3.13.